The number of aryl methyl sites for hydroxylation is 1. The van der Waals surface area contributed by atoms with Crippen LogP contribution in [0.25, 0.3) is 5.65 Å². The smallest absolute Gasteiger partial charge is 0.211 e. The van der Waals surface area contributed by atoms with Gasteiger partial charge in [-0.3, -0.25) is 9.20 Å². The standard InChI is InChI=1S/C15H13N3O/c1-10-3-2-4-14-17-9-13(18(10)14)15(19)11-5-7-12(16)8-6-11/h2-9H,16H2,1H3. The summed E-state index contributed by atoms with van der Waals surface area (Å²) >= 11 is 0. The molecule has 0 unspecified atom stereocenters. The first kappa shape index (κ1) is 11.5. The van der Waals surface area contributed by atoms with E-state index >= 15 is 0 Å². The summed E-state index contributed by atoms with van der Waals surface area (Å²) in [5.41, 5.74) is 9.21. The molecule has 2 heterocycles. The van der Waals surface area contributed by atoms with Gasteiger partial charge in [-0.1, -0.05) is 6.07 Å². The first-order valence-electron chi connectivity index (χ1n) is 6.00. The molecule has 0 fully saturated rings. The molecule has 4 nitrogen and oxygen atoms in total. The molecule has 94 valence electrons. The van der Waals surface area contributed by atoms with Crippen LogP contribution in [-0.4, -0.2) is 15.2 Å². The highest BCUT2D eigenvalue weighted by molar-refractivity contribution is 6.08. The third-order valence-corrected chi connectivity index (χ3v) is 3.13. The lowest BCUT2D eigenvalue weighted by Gasteiger charge is -2.05. The van der Waals surface area contributed by atoms with Crippen molar-refractivity contribution in [2.75, 3.05) is 5.73 Å². The molecule has 0 aliphatic rings. The number of ketones is 1. The van der Waals surface area contributed by atoms with E-state index in [1.165, 1.54) is 0 Å². The van der Waals surface area contributed by atoms with Gasteiger partial charge in [0, 0.05) is 16.9 Å². The van der Waals surface area contributed by atoms with E-state index in [2.05, 4.69) is 4.98 Å². The number of aromatic nitrogens is 2. The van der Waals surface area contributed by atoms with E-state index in [0.29, 0.717) is 16.9 Å². The number of carbonyl (C=O) groups excluding carboxylic acids is 1. The number of carbonyl (C=O) groups is 1. The Kier molecular flexibility index (Phi) is 2.56. The molecule has 3 rings (SSSR count). The molecule has 4 heteroatoms. The number of benzene rings is 1. The molecule has 0 radical (unpaired) electrons. The molecule has 1 aromatic carbocycles. The minimum atomic E-state index is -0.0539. The second kappa shape index (κ2) is 4.24. The van der Waals surface area contributed by atoms with Crippen molar-refractivity contribution in [1.82, 2.24) is 9.38 Å². The molecule has 0 amide bonds. The monoisotopic (exact) mass is 251 g/mol. The van der Waals surface area contributed by atoms with E-state index in [-0.39, 0.29) is 5.78 Å². The number of imidazole rings is 1. The van der Waals surface area contributed by atoms with Crippen LogP contribution in [0.1, 0.15) is 21.7 Å². The number of anilines is 1. The zero-order chi connectivity index (χ0) is 13.4. The maximum atomic E-state index is 12.5. The third-order valence-electron chi connectivity index (χ3n) is 3.13. The maximum Gasteiger partial charge on any atom is 0.211 e. The molecule has 2 aromatic heterocycles. The molecule has 2 N–H and O–H groups in total. The van der Waals surface area contributed by atoms with Gasteiger partial charge in [0.05, 0.1) is 6.20 Å². The van der Waals surface area contributed by atoms with Gasteiger partial charge in [-0.15, -0.1) is 0 Å². The van der Waals surface area contributed by atoms with Crippen molar-refractivity contribution in [3.05, 3.63) is 65.6 Å². The van der Waals surface area contributed by atoms with Gasteiger partial charge in [-0.25, -0.2) is 4.98 Å². The van der Waals surface area contributed by atoms with Gasteiger partial charge < -0.3 is 5.73 Å². The number of pyridine rings is 1. The van der Waals surface area contributed by atoms with Crippen LogP contribution in [0, 0.1) is 6.92 Å². The minimum absolute atomic E-state index is 0.0539. The molecule has 19 heavy (non-hydrogen) atoms. The third kappa shape index (κ3) is 1.87. The summed E-state index contributed by atoms with van der Waals surface area (Å²) in [7, 11) is 0. The van der Waals surface area contributed by atoms with Crippen molar-refractivity contribution in [3.8, 4) is 0 Å². The lowest BCUT2D eigenvalue weighted by molar-refractivity contribution is 0.103. The first-order valence-corrected chi connectivity index (χ1v) is 6.00. The highest BCUT2D eigenvalue weighted by atomic mass is 16.1. The second-order valence-corrected chi connectivity index (χ2v) is 4.46. The van der Waals surface area contributed by atoms with Crippen molar-refractivity contribution >= 4 is 17.1 Å². The number of nitrogen functional groups attached to an aromatic ring is 1. The molecule has 0 spiro atoms. The summed E-state index contributed by atoms with van der Waals surface area (Å²) in [5, 5.41) is 0. The number of hydrogen-bond donors (Lipinski definition) is 1. The number of nitrogens with two attached hydrogens (primary N) is 1. The van der Waals surface area contributed by atoms with Gasteiger partial charge in [0.15, 0.2) is 0 Å². The molecule has 0 aliphatic carbocycles. The van der Waals surface area contributed by atoms with Crippen LogP contribution in [0.15, 0.2) is 48.7 Å². The predicted octanol–water partition coefficient (Wildman–Crippen LogP) is 2.46. The van der Waals surface area contributed by atoms with E-state index in [4.69, 9.17) is 5.73 Å². The Morgan fingerprint density at radius 2 is 1.89 bits per heavy atom. The normalized spacial score (nSPS) is 10.8. The average molecular weight is 251 g/mol. The Balaban J connectivity index is 2.14. The van der Waals surface area contributed by atoms with Gasteiger partial charge in [0.1, 0.15) is 11.3 Å². The van der Waals surface area contributed by atoms with Gasteiger partial charge in [-0.05, 0) is 43.3 Å². The van der Waals surface area contributed by atoms with E-state index in [1.807, 2.05) is 29.5 Å². The molecular weight excluding hydrogens is 238 g/mol. The number of nitrogens with zero attached hydrogens (tertiary/aromatic N) is 2. The molecular formula is C15H13N3O. The fourth-order valence-corrected chi connectivity index (χ4v) is 2.14. The first-order chi connectivity index (χ1) is 9.16. The van der Waals surface area contributed by atoms with Crippen molar-refractivity contribution in [3.63, 3.8) is 0 Å². The number of rotatable bonds is 2. The molecule has 0 saturated heterocycles. The summed E-state index contributed by atoms with van der Waals surface area (Å²) in [6, 6.07) is 12.7. The van der Waals surface area contributed by atoms with Gasteiger partial charge in [0.25, 0.3) is 0 Å². The maximum absolute atomic E-state index is 12.5. The van der Waals surface area contributed by atoms with Crippen molar-refractivity contribution in [2.45, 2.75) is 6.92 Å². The van der Waals surface area contributed by atoms with E-state index in [1.54, 1.807) is 30.5 Å². The number of hydrogen-bond acceptors (Lipinski definition) is 3. The number of fused-ring (bicyclic) bond motifs is 1. The molecule has 0 bridgehead atoms. The Morgan fingerprint density at radius 1 is 1.16 bits per heavy atom. The van der Waals surface area contributed by atoms with Crippen molar-refractivity contribution < 1.29 is 4.79 Å². The fraction of sp³-hybridized carbons (Fsp3) is 0.0667. The Morgan fingerprint density at radius 3 is 2.63 bits per heavy atom. The van der Waals surface area contributed by atoms with Crippen LogP contribution in [0.4, 0.5) is 5.69 Å². The minimum Gasteiger partial charge on any atom is -0.399 e. The molecule has 0 saturated carbocycles. The SMILES string of the molecule is Cc1cccc2ncc(C(=O)c3ccc(N)cc3)n12. The Bertz CT molecular complexity index is 757. The molecule has 0 aliphatic heterocycles. The zero-order valence-electron chi connectivity index (χ0n) is 10.5. The van der Waals surface area contributed by atoms with Gasteiger partial charge >= 0.3 is 0 Å². The zero-order valence-corrected chi connectivity index (χ0v) is 10.5. The second-order valence-electron chi connectivity index (χ2n) is 4.46. The average Bonchev–Trinajstić information content (AvgIpc) is 2.84. The summed E-state index contributed by atoms with van der Waals surface area (Å²) in [6.07, 6.45) is 1.61. The van der Waals surface area contributed by atoms with Gasteiger partial charge in [0.2, 0.25) is 5.78 Å². The van der Waals surface area contributed by atoms with E-state index < -0.39 is 0 Å². The van der Waals surface area contributed by atoms with Crippen molar-refractivity contribution in [1.29, 1.82) is 0 Å². The van der Waals surface area contributed by atoms with Crippen molar-refractivity contribution in [2.24, 2.45) is 0 Å². The van der Waals surface area contributed by atoms with Crippen LogP contribution in [-0.2, 0) is 0 Å². The van der Waals surface area contributed by atoms with Crippen LogP contribution < -0.4 is 5.73 Å². The summed E-state index contributed by atoms with van der Waals surface area (Å²) in [6.45, 7) is 1.95. The molecule has 0 atom stereocenters. The summed E-state index contributed by atoms with van der Waals surface area (Å²) in [4.78, 5) is 16.7. The van der Waals surface area contributed by atoms with E-state index in [0.717, 1.165) is 11.3 Å². The fourth-order valence-electron chi connectivity index (χ4n) is 2.14. The van der Waals surface area contributed by atoms with Crippen LogP contribution in [0.5, 0.6) is 0 Å². The largest absolute Gasteiger partial charge is 0.399 e. The molecule has 3 aromatic rings. The van der Waals surface area contributed by atoms with E-state index in [9.17, 15) is 4.79 Å². The Hall–Kier alpha value is -2.62. The Labute approximate surface area is 110 Å². The lowest BCUT2D eigenvalue weighted by Crippen LogP contribution is -2.06. The van der Waals surface area contributed by atoms with Crippen LogP contribution >= 0.6 is 0 Å². The highest BCUT2D eigenvalue weighted by Gasteiger charge is 2.15. The van der Waals surface area contributed by atoms with Crippen LogP contribution in [0.2, 0.25) is 0 Å². The summed E-state index contributed by atoms with van der Waals surface area (Å²) in [5.74, 6) is -0.0539. The highest BCUT2D eigenvalue weighted by Crippen LogP contribution is 2.15. The van der Waals surface area contributed by atoms with Gasteiger partial charge in [-0.2, -0.15) is 0 Å². The topological polar surface area (TPSA) is 60.4 Å². The quantitative estimate of drug-likeness (QED) is 0.562. The predicted molar refractivity (Wildman–Crippen MR) is 74.2 cm³/mol. The summed E-state index contributed by atoms with van der Waals surface area (Å²) < 4.78 is 1.86. The lowest BCUT2D eigenvalue weighted by atomic mass is 10.1. The van der Waals surface area contributed by atoms with Crippen LogP contribution in [0.3, 0.4) is 0 Å².